The fraction of sp³-hybridized carbons (Fsp3) is 0.324. The fourth-order valence-electron chi connectivity index (χ4n) is 6.27. The zero-order valence-corrected chi connectivity index (χ0v) is 29.4. The monoisotopic (exact) mass is 738 g/mol. The van der Waals surface area contributed by atoms with Gasteiger partial charge in [0.15, 0.2) is 6.29 Å². The van der Waals surface area contributed by atoms with Gasteiger partial charge in [-0.15, -0.1) is 0 Å². The van der Waals surface area contributed by atoms with Gasteiger partial charge in [-0.1, -0.05) is 102 Å². The maximum Gasteiger partial charge on any atom is 0.272 e. The Balaban J connectivity index is 1.13. The molecule has 10 nitrogen and oxygen atoms in total. The molecule has 3 atom stereocenters. The van der Waals surface area contributed by atoms with Crippen molar-refractivity contribution in [3.8, 4) is 11.1 Å². The molecule has 2 aliphatic heterocycles. The number of halogens is 3. The molecule has 2 heterocycles. The topological polar surface area (TPSA) is 117 Å². The number of benzene rings is 4. The van der Waals surface area contributed by atoms with Crippen LogP contribution >= 0.6 is 34.8 Å². The summed E-state index contributed by atoms with van der Waals surface area (Å²) in [6, 6.07) is 30.4. The highest BCUT2D eigenvalue weighted by atomic mass is 35.6. The Morgan fingerprint density at radius 2 is 1.54 bits per heavy atom. The Bertz CT molecular complexity index is 1760. The summed E-state index contributed by atoms with van der Waals surface area (Å²) in [4.78, 5) is 27.3. The number of nitro benzene ring substituents is 1. The smallest absolute Gasteiger partial charge is 0.272 e. The lowest BCUT2D eigenvalue weighted by Crippen LogP contribution is -2.49. The number of rotatable bonds is 10. The number of amides is 1. The van der Waals surface area contributed by atoms with Crippen molar-refractivity contribution >= 4 is 52.1 Å². The van der Waals surface area contributed by atoms with Crippen molar-refractivity contribution < 1.29 is 24.3 Å². The normalized spacial score (nSPS) is 20.0. The summed E-state index contributed by atoms with van der Waals surface area (Å²) in [5.41, 5.74) is 6.64. The van der Waals surface area contributed by atoms with Crippen LogP contribution in [0, 0.1) is 10.1 Å². The number of hydrogen-bond donors (Lipinski definition) is 2. The third kappa shape index (κ3) is 9.13. The third-order valence-corrected chi connectivity index (χ3v) is 9.54. The zero-order valence-electron chi connectivity index (χ0n) is 27.1. The number of carbonyl (C=O) groups is 1. The van der Waals surface area contributed by atoms with Gasteiger partial charge in [-0.2, -0.15) is 0 Å². The van der Waals surface area contributed by atoms with E-state index >= 15 is 0 Å². The number of non-ortho nitro benzene ring substituents is 1. The molecule has 6 rings (SSSR count). The van der Waals surface area contributed by atoms with Crippen LogP contribution in [-0.2, 0) is 27.4 Å². The minimum absolute atomic E-state index is 0.0229. The molecule has 2 aliphatic rings. The average molecular weight is 740 g/mol. The molecule has 0 unspecified atom stereocenters. The SMILES string of the molecule is O=C(NCc1cccc(-c2ccc([C@H]3O[C@@H](CN4CCN(c5ccc([N+](=O)[O-])cc5)CC4)C[C@@H](c4ccc(CO)cc4)O3)cc2)c1)C(Cl)(Cl)Cl. The van der Waals surface area contributed by atoms with E-state index in [1.54, 1.807) is 12.1 Å². The molecular formula is C37H37Cl3N4O6. The van der Waals surface area contributed by atoms with Gasteiger partial charge in [-0.3, -0.25) is 19.8 Å². The molecule has 0 aliphatic carbocycles. The largest absolute Gasteiger partial charge is 0.392 e. The number of anilines is 1. The first-order valence-electron chi connectivity index (χ1n) is 16.3. The molecule has 4 aromatic carbocycles. The van der Waals surface area contributed by atoms with Crippen molar-refractivity contribution in [2.75, 3.05) is 37.6 Å². The number of aliphatic hydroxyl groups is 1. The van der Waals surface area contributed by atoms with Crippen molar-refractivity contribution in [1.29, 1.82) is 0 Å². The molecule has 0 spiro atoms. The molecule has 50 heavy (non-hydrogen) atoms. The number of nitrogens with one attached hydrogen (secondary N) is 1. The van der Waals surface area contributed by atoms with Gasteiger partial charge in [0.1, 0.15) is 0 Å². The highest BCUT2D eigenvalue weighted by Gasteiger charge is 2.34. The van der Waals surface area contributed by atoms with Gasteiger partial charge in [0.25, 0.3) is 15.4 Å². The lowest BCUT2D eigenvalue weighted by molar-refractivity contribution is -0.384. The third-order valence-electron chi connectivity index (χ3n) is 9.03. The molecular weight excluding hydrogens is 703 g/mol. The van der Waals surface area contributed by atoms with Gasteiger partial charge < -0.3 is 24.8 Å². The molecule has 0 bridgehead atoms. The van der Waals surface area contributed by atoms with E-state index in [9.17, 15) is 20.0 Å². The summed E-state index contributed by atoms with van der Waals surface area (Å²) >= 11 is 17.0. The Hall–Kier alpha value is -3.74. The number of hydrogen-bond acceptors (Lipinski definition) is 8. The molecule has 2 saturated heterocycles. The summed E-state index contributed by atoms with van der Waals surface area (Å²) in [6.45, 7) is 4.21. The molecule has 262 valence electrons. The molecule has 0 radical (unpaired) electrons. The number of nitrogens with zero attached hydrogens (tertiary/aromatic N) is 3. The van der Waals surface area contributed by atoms with Crippen molar-refractivity contribution in [3.05, 3.63) is 129 Å². The number of nitro groups is 1. The van der Waals surface area contributed by atoms with Gasteiger partial charge in [0, 0.05) is 69.1 Å². The molecule has 0 saturated carbocycles. The van der Waals surface area contributed by atoms with E-state index in [0.29, 0.717) is 6.42 Å². The maximum atomic E-state index is 12.0. The van der Waals surface area contributed by atoms with E-state index in [1.807, 2.05) is 84.9 Å². The van der Waals surface area contributed by atoms with Crippen LogP contribution in [0.4, 0.5) is 11.4 Å². The van der Waals surface area contributed by atoms with Gasteiger partial charge in [0.2, 0.25) is 0 Å². The second-order valence-electron chi connectivity index (χ2n) is 12.4. The van der Waals surface area contributed by atoms with E-state index in [2.05, 4.69) is 15.1 Å². The van der Waals surface area contributed by atoms with Crippen LogP contribution < -0.4 is 10.2 Å². The van der Waals surface area contributed by atoms with Crippen LogP contribution in [0.3, 0.4) is 0 Å². The highest BCUT2D eigenvalue weighted by molar-refractivity contribution is 6.76. The van der Waals surface area contributed by atoms with Crippen LogP contribution in [-0.4, -0.2) is 63.5 Å². The lowest BCUT2D eigenvalue weighted by Gasteiger charge is -2.41. The maximum absolute atomic E-state index is 12.0. The Labute approximate surface area is 305 Å². The first kappa shape index (κ1) is 36.1. The number of piperazine rings is 1. The Morgan fingerprint density at radius 3 is 2.18 bits per heavy atom. The van der Waals surface area contributed by atoms with E-state index in [1.165, 1.54) is 0 Å². The lowest BCUT2D eigenvalue weighted by atomic mass is 9.98. The standard InChI is InChI=1S/C37H37Cl3N4O6/c38-37(39,40)36(46)41-22-26-2-1-3-30(20-26)27-8-10-29(11-9-27)35-49-33(21-34(50-35)28-6-4-25(24-45)5-7-28)23-42-16-18-43(19-17-42)31-12-14-32(15-13-31)44(47)48/h1-15,20,33-35,45H,16-19,21-24H2,(H,41,46)/t33-,34+,35+/m1/s1. The quantitative estimate of drug-likeness (QED) is 0.101. The number of ether oxygens (including phenoxy) is 2. The van der Waals surface area contributed by atoms with E-state index in [0.717, 1.165) is 71.8 Å². The van der Waals surface area contributed by atoms with E-state index < -0.39 is 16.0 Å². The molecule has 0 aromatic heterocycles. The summed E-state index contributed by atoms with van der Waals surface area (Å²) in [6.07, 6.45) is -0.208. The first-order valence-corrected chi connectivity index (χ1v) is 17.5. The Kier molecular flexibility index (Phi) is 11.6. The molecule has 13 heteroatoms. The molecule has 2 fully saturated rings. The van der Waals surface area contributed by atoms with Crippen LogP contribution in [0.2, 0.25) is 0 Å². The number of aliphatic hydroxyl groups excluding tert-OH is 1. The average Bonchev–Trinajstić information content (AvgIpc) is 3.14. The second-order valence-corrected chi connectivity index (χ2v) is 14.7. The highest BCUT2D eigenvalue weighted by Crippen LogP contribution is 2.39. The van der Waals surface area contributed by atoms with Gasteiger partial charge in [0.05, 0.1) is 23.7 Å². The minimum atomic E-state index is -2.02. The van der Waals surface area contributed by atoms with Crippen molar-refractivity contribution in [3.63, 3.8) is 0 Å². The summed E-state index contributed by atoms with van der Waals surface area (Å²) in [5, 5.41) is 23.3. The number of alkyl halides is 3. The van der Waals surface area contributed by atoms with Gasteiger partial charge >= 0.3 is 0 Å². The fourth-order valence-corrected chi connectivity index (χ4v) is 6.47. The van der Waals surface area contributed by atoms with Gasteiger partial charge in [-0.25, -0.2) is 0 Å². The molecule has 4 aromatic rings. The van der Waals surface area contributed by atoms with Crippen LogP contribution in [0.1, 0.15) is 41.1 Å². The first-order chi connectivity index (χ1) is 24.1. The van der Waals surface area contributed by atoms with Gasteiger partial charge in [-0.05, 0) is 46.0 Å². The Morgan fingerprint density at radius 1 is 0.860 bits per heavy atom. The van der Waals surface area contributed by atoms with Crippen LogP contribution in [0.25, 0.3) is 11.1 Å². The van der Waals surface area contributed by atoms with E-state index in [-0.39, 0.29) is 36.0 Å². The predicted molar refractivity (Wildman–Crippen MR) is 194 cm³/mol. The minimum Gasteiger partial charge on any atom is -0.392 e. The van der Waals surface area contributed by atoms with E-state index in [4.69, 9.17) is 44.3 Å². The summed E-state index contributed by atoms with van der Waals surface area (Å²) < 4.78 is 11.2. The predicted octanol–water partition coefficient (Wildman–Crippen LogP) is 7.11. The van der Waals surface area contributed by atoms with Crippen molar-refractivity contribution in [2.45, 2.75) is 41.9 Å². The zero-order chi connectivity index (χ0) is 35.3. The number of carbonyl (C=O) groups excluding carboxylic acids is 1. The van der Waals surface area contributed by atoms with Crippen molar-refractivity contribution in [2.24, 2.45) is 0 Å². The van der Waals surface area contributed by atoms with Crippen LogP contribution in [0.5, 0.6) is 0 Å². The van der Waals surface area contributed by atoms with Crippen LogP contribution in [0.15, 0.2) is 97.1 Å². The summed E-state index contributed by atoms with van der Waals surface area (Å²) in [5.74, 6) is -0.685. The second kappa shape index (κ2) is 16.1. The molecule has 2 N–H and O–H groups in total. The van der Waals surface area contributed by atoms with Crippen molar-refractivity contribution in [1.82, 2.24) is 10.2 Å². The summed E-state index contributed by atoms with van der Waals surface area (Å²) in [7, 11) is 0. The molecule has 1 amide bonds.